The van der Waals surface area contributed by atoms with Crippen molar-refractivity contribution in [2.24, 2.45) is 0 Å². The van der Waals surface area contributed by atoms with Gasteiger partial charge >= 0.3 is 5.97 Å². The molecule has 3 aromatic carbocycles. The van der Waals surface area contributed by atoms with Gasteiger partial charge in [0.25, 0.3) is 5.91 Å². The molecule has 1 amide bonds. The average molecular weight is 430 g/mol. The van der Waals surface area contributed by atoms with Crippen molar-refractivity contribution in [1.29, 1.82) is 0 Å². The maximum Gasteiger partial charge on any atom is 0.337 e. The number of hydrogen-bond acceptors (Lipinski definition) is 4. The molecule has 1 heterocycles. The molecule has 3 aromatic rings. The van der Waals surface area contributed by atoms with Crippen molar-refractivity contribution in [3.8, 4) is 0 Å². The molecule has 4 rings (SSSR count). The monoisotopic (exact) mass is 429 g/mol. The van der Waals surface area contributed by atoms with Gasteiger partial charge < -0.3 is 20.2 Å². The minimum atomic E-state index is -1.01. The average Bonchev–Trinajstić information content (AvgIpc) is 2.79. The highest BCUT2D eigenvalue weighted by atomic mass is 16.4. The maximum absolute atomic E-state index is 12.4. The summed E-state index contributed by atoms with van der Waals surface area (Å²) in [4.78, 5) is 28.9. The van der Waals surface area contributed by atoms with Gasteiger partial charge in [0, 0.05) is 42.6 Å². The number of carboxylic acids is 1. The molecular weight excluding hydrogens is 402 g/mol. The molecule has 0 aliphatic carbocycles. The van der Waals surface area contributed by atoms with Gasteiger partial charge in [0.15, 0.2) is 0 Å². The molecule has 0 bridgehead atoms. The summed E-state index contributed by atoms with van der Waals surface area (Å²) in [7, 11) is 0. The van der Waals surface area contributed by atoms with E-state index in [-0.39, 0.29) is 17.5 Å². The first-order valence-electron chi connectivity index (χ1n) is 10.7. The molecule has 6 heteroatoms. The molecule has 2 N–H and O–H groups in total. The highest BCUT2D eigenvalue weighted by molar-refractivity contribution is 6.05. The molecular formula is C26H27N3O3. The molecule has 32 heavy (non-hydrogen) atoms. The molecule has 6 nitrogen and oxygen atoms in total. The Bertz CT molecular complexity index is 1130. The van der Waals surface area contributed by atoms with Crippen molar-refractivity contribution >= 4 is 28.9 Å². The summed E-state index contributed by atoms with van der Waals surface area (Å²) in [5.74, 6) is -1.28. The smallest absolute Gasteiger partial charge is 0.337 e. The molecule has 0 radical (unpaired) electrons. The van der Waals surface area contributed by atoms with Gasteiger partial charge in [0.1, 0.15) is 0 Å². The summed E-state index contributed by atoms with van der Waals surface area (Å²) in [5, 5.41) is 12.6. The normalized spacial score (nSPS) is 16.0. The maximum atomic E-state index is 12.4. The molecule has 1 aliphatic rings. The minimum Gasteiger partial charge on any atom is -0.478 e. The standard InChI is InChI=1S/C26H27N3O3/c1-18-7-6-10-22(15-18)29-14-13-28(17-19(29)2)24-12-11-21(16-23(24)26(31)32)27-25(30)20-8-4-3-5-9-20/h3-12,15-16,19H,13-14,17H2,1-2H3,(H,27,30)(H,31,32). The quantitative estimate of drug-likeness (QED) is 0.617. The summed E-state index contributed by atoms with van der Waals surface area (Å²) in [6.07, 6.45) is 0. The van der Waals surface area contributed by atoms with Crippen molar-refractivity contribution in [3.05, 3.63) is 89.5 Å². The van der Waals surface area contributed by atoms with Crippen molar-refractivity contribution in [2.75, 3.05) is 34.8 Å². The lowest BCUT2D eigenvalue weighted by molar-refractivity contribution is 0.0697. The number of rotatable bonds is 5. The highest BCUT2D eigenvalue weighted by Crippen LogP contribution is 2.29. The lowest BCUT2D eigenvalue weighted by Crippen LogP contribution is -2.52. The number of amides is 1. The van der Waals surface area contributed by atoms with E-state index < -0.39 is 5.97 Å². The number of carbonyl (C=O) groups is 2. The van der Waals surface area contributed by atoms with Crippen LogP contribution in [0.15, 0.2) is 72.8 Å². The van der Waals surface area contributed by atoms with Crippen molar-refractivity contribution in [3.63, 3.8) is 0 Å². The van der Waals surface area contributed by atoms with Gasteiger partial charge in [-0.05, 0) is 61.9 Å². The number of aryl methyl sites for hydroxylation is 1. The van der Waals surface area contributed by atoms with Gasteiger partial charge in [-0.1, -0.05) is 30.3 Å². The van der Waals surface area contributed by atoms with Crippen molar-refractivity contribution in [1.82, 2.24) is 0 Å². The van der Waals surface area contributed by atoms with E-state index in [1.54, 1.807) is 36.4 Å². The molecule has 1 fully saturated rings. The second kappa shape index (κ2) is 9.14. The number of carboxylic acid groups (broad SMARTS) is 1. The minimum absolute atomic E-state index is 0.187. The van der Waals surface area contributed by atoms with E-state index in [4.69, 9.17) is 0 Å². The molecule has 1 aliphatic heterocycles. The van der Waals surface area contributed by atoms with Crippen LogP contribution in [0.1, 0.15) is 33.2 Å². The fraction of sp³-hybridized carbons (Fsp3) is 0.231. The van der Waals surface area contributed by atoms with Gasteiger partial charge in [-0.3, -0.25) is 4.79 Å². The van der Waals surface area contributed by atoms with Crippen LogP contribution in [-0.4, -0.2) is 42.7 Å². The van der Waals surface area contributed by atoms with Crippen molar-refractivity contribution in [2.45, 2.75) is 19.9 Å². The molecule has 1 atom stereocenters. The van der Waals surface area contributed by atoms with Crippen LogP contribution in [-0.2, 0) is 0 Å². The predicted molar refractivity (Wildman–Crippen MR) is 128 cm³/mol. The summed E-state index contributed by atoms with van der Waals surface area (Å²) in [6, 6.07) is 22.6. The topological polar surface area (TPSA) is 72.9 Å². The first kappa shape index (κ1) is 21.4. The number of carbonyl (C=O) groups excluding carboxylic acids is 1. The fourth-order valence-corrected chi connectivity index (χ4v) is 4.22. The van der Waals surface area contributed by atoms with Crippen molar-refractivity contribution < 1.29 is 14.7 Å². The van der Waals surface area contributed by atoms with Crippen LogP contribution in [0.25, 0.3) is 0 Å². The Kier molecular flexibility index (Phi) is 6.12. The SMILES string of the molecule is Cc1cccc(N2CCN(c3ccc(NC(=O)c4ccccc4)cc3C(=O)O)CC2C)c1. The number of nitrogens with zero attached hydrogens (tertiary/aromatic N) is 2. The van der Waals surface area contributed by atoms with Crippen LogP contribution >= 0.6 is 0 Å². The van der Waals surface area contributed by atoms with Gasteiger partial charge in [-0.2, -0.15) is 0 Å². The Morgan fingerprint density at radius 1 is 0.969 bits per heavy atom. The zero-order valence-electron chi connectivity index (χ0n) is 18.3. The van der Waals surface area contributed by atoms with Crippen LogP contribution in [0.4, 0.5) is 17.1 Å². The molecule has 1 unspecified atom stereocenters. The van der Waals surface area contributed by atoms with E-state index in [2.05, 4.69) is 53.2 Å². The molecule has 1 saturated heterocycles. The number of hydrogen-bond donors (Lipinski definition) is 2. The van der Waals surface area contributed by atoms with Crippen LogP contribution in [0, 0.1) is 6.92 Å². The molecule has 0 spiro atoms. The summed E-state index contributed by atoms with van der Waals surface area (Å²) in [5.41, 5.74) is 4.26. The van der Waals surface area contributed by atoms with E-state index in [0.29, 0.717) is 30.0 Å². The number of piperazine rings is 1. The van der Waals surface area contributed by atoms with E-state index in [1.165, 1.54) is 17.3 Å². The third-order valence-corrected chi connectivity index (χ3v) is 5.82. The summed E-state index contributed by atoms with van der Waals surface area (Å²) in [6.45, 7) is 6.47. The predicted octanol–water partition coefficient (Wildman–Crippen LogP) is 4.66. The third kappa shape index (κ3) is 4.59. The third-order valence-electron chi connectivity index (χ3n) is 5.82. The Hall–Kier alpha value is -3.80. The van der Waals surface area contributed by atoms with E-state index >= 15 is 0 Å². The number of benzene rings is 3. The van der Waals surface area contributed by atoms with Crippen LogP contribution in [0.2, 0.25) is 0 Å². The first-order valence-corrected chi connectivity index (χ1v) is 10.7. The van der Waals surface area contributed by atoms with Gasteiger partial charge in [-0.25, -0.2) is 4.79 Å². The number of anilines is 3. The molecule has 164 valence electrons. The summed E-state index contributed by atoms with van der Waals surface area (Å²) < 4.78 is 0. The highest BCUT2D eigenvalue weighted by Gasteiger charge is 2.27. The van der Waals surface area contributed by atoms with Crippen LogP contribution in [0.3, 0.4) is 0 Å². The van der Waals surface area contributed by atoms with Gasteiger partial charge in [0.05, 0.1) is 11.3 Å². The first-order chi connectivity index (χ1) is 15.4. The lowest BCUT2D eigenvalue weighted by Gasteiger charge is -2.42. The number of aromatic carboxylic acids is 1. The van der Waals surface area contributed by atoms with Crippen LogP contribution < -0.4 is 15.1 Å². The largest absolute Gasteiger partial charge is 0.478 e. The van der Waals surface area contributed by atoms with E-state index in [0.717, 1.165) is 6.54 Å². The van der Waals surface area contributed by atoms with E-state index in [1.807, 2.05) is 6.07 Å². The van der Waals surface area contributed by atoms with Gasteiger partial charge in [0.2, 0.25) is 0 Å². The Labute approximate surface area is 188 Å². The zero-order valence-corrected chi connectivity index (χ0v) is 18.3. The second-order valence-corrected chi connectivity index (χ2v) is 8.18. The Morgan fingerprint density at radius 2 is 1.75 bits per heavy atom. The van der Waals surface area contributed by atoms with E-state index in [9.17, 15) is 14.7 Å². The number of nitrogens with one attached hydrogen (secondary N) is 1. The Morgan fingerprint density at radius 3 is 2.44 bits per heavy atom. The molecule has 0 saturated carbocycles. The van der Waals surface area contributed by atoms with Crippen LogP contribution in [0.5, 0.6) is 0 Å². The van der Waals surface area contributed by atoms with Gasteiger partial charge in [-0.15, -0.1) is 0 Å². The second-order valence-electron chi connectivity index (χ2n) is 8.18. The lowest BCUT2D eigenvalue weighted by atomic mass is 10.1. The summed E-state index contributed by atoms with van der Waals surface area (Å²) >= 11 is 0. The fourth-order valence-electron chi connectivity index (χ4n) is 4.22. The molecule has 0 aromatic heterocycles. The Balaban J connectivity index is 1.52. The zero-order chi connectivity index (χ0) is 22.7.